The number of alkyl halides is 3. The molecule has 3 unspecified atom stereocenters. The van der Waals surface area contributed by atoms with Crippen molar-refractivity contribution in [1.29, 1.82) is 0 Å². The smallest absolute Gasteiger partial charge is 0.324 e. The van der Waals surface area contributed by atoms with E-state index in [-0.39, 0.29) is 24.8 Å². The predicted molar refractivity (Wildman–Crippen MR) is 62.7 cm³/mol. The van der Waals surface area contributed by atoms with E-state index in [1.165, 1.54) is 0 Å². The fourth-order valence-corrected chi connectivity index (χ4v) is 2.70. The second kappa shape index (κ2) is 5.26. The molecule has 5 heteroatoms. The quantitative estimate of drug-likeness (QED) is 0.882. The summed E-state index contributed by atoms with van der Waals surface area (Å²) >= 11 is 0. The monoisotopic (exact) mass is 258 g/mol. The first-order chi connectivity index (χ1) is 8.48. The normalized spacial score (nSPS) is 26.9. The molecule has 0 aromatic carbocycles. The number of aromatic nitrogens is 1. The molecule has 0 saturated heterocycles. The molecule has 0 aliphatic heterocycles. The lowest BCUT2D eigenvalue weighted by molar-refractivity contribution is -0.186. The summed E-state index contributed by atoms with van der Waals surface area (Å²) < 4.78 is 38.2. The van der Waals surface area contributed by atoms with Crippen molar-refractivity contribution in [3.05, 3.63) is 30.1 Å². The van der Waals surface area contributed by atoms with E-state index in [0.29, 0.717) is 6.42 Å². The van der Waals surface area contributed by atoms with Crippen molar-refractivity contribution < 1.29 is 13.2 Å². The van der Waals surface area contributed by atoms with Gasteiger partial charge in [-0.25, -0.2) is 0 Å². The number of nitrogens with two attached hydrogens (primary N) is 1. The van der Waals surface area contributed by atoms with Gasteiger partial charge in [0.15, 0.2) is 0 Å². The number of pyridine rings is 1. The Morgan fingerprint density at radius 3 is 2.72 bits per heavy atom. The number of hydrogen-bond donors (Lipinski definition) is 1. The number of hydrogen-bond acceptors (Lipinski definition) is 2. The lowest BCUT2D eigenvalue weighted by Crippen LogP contribution is -2.33. The maximum atomic E-state index is 12.7. The van der Waals surface area contributed by atoms with Gasteiger partial charge >= 0.3 is 6.18 Å². The van der Waals surface area contributed by atoms with Gasteiger partial charge in [-0.1, -0.05) is 12.5 Å². The standard InChI is InChI=1S/C13H17F3N2/c14-13(15,16)11-5-1-3-9(7-11)12(17)10-4-2-6-18-8-10/h2,4,6,8-9,11-12H,1,3,5,7,17H2. The van der Waals surface area contributed by atoms with Crippen LogP contribution in [0.1, 0.15) is 37.3 Å². The number of halogens is 3. The molecule has 2 rings (SSSR count). The van der Waals surface area contributed by atoms with E-state index in [1.807, 2.05) is 6.07 Å². The minimum atomic E-state index is -4.09. The molecule has 1 fully saturated rings. The molecule has 1 aliphatic rings. The van der Waals surface area contributed by atoms with E-state index in [4.69, 9.17) is 5.73 Å². The fourth-order valence-electron chi connectivity index (χ4n) is 2.70. The van der Waals surface area contributed by atoms with Crippen molar-refractivity contribution in [2.75, 3.05) is 0 Å². The van der Waals surface area contributed by atoms with Crippen molar-refractivity contribution >= 4 is 0 Å². The summed E-state index contributed by atoms with van der Waals surface area (Å²) in [5.74, 6) is -1.30. The third-order valence-corrected chi connectivity index (χ3v) is 3.75. The third-order valence-electron chi connectivity index (χ3n) is 3.75. The Kier molecular flexibility index (Phi) is 3.90. The average Bonchev–Trinajstić information content (AvgIpc) is 2.38. The highest BCUT2D eigenvalue weighted by Crippen LogP contribution is 2.43. The first-order valence-corrected chi connectivity index (χ1v) is 6.20. The van der Waals surface area contributed by atoms with E-state index in [2.05, 4.69) is 4.98 Å². The summed E-state index contributed by atoms with van der Waals surface area (Å²) in [6.45, 7) is 0. The van der Waals surface area contributed by atoms with Gasteiger partial charge < -0.3 is 5.73 Å². The summed E-state index contributed by atoms with van der Waals surface area (Å²) in [6.07, 6.45) is 0.926. The number of rotatable bonds is 2. The van der Waals surface area contributed by atoms with Crippen molar-refractivity contribution in [2.45, 2.75) is 37.9 Å². The van der Waals surface area contributed by atoms with E-state index in [1.54, 1.807) is 18.5 Å². The van der Waals surface area contributed by atoms with Crippen LogP contribution in [-0.2, 0) is 0 Å². The van der Waals surface area contributed by atoms with Crippen LogP contribution in [0.4, 0.5) is 13.2 Å². The molecular formula is C13H17F3N2. The van der Waals surface area contributed by atoms with E-state index < -0.39 is 12.1 Å². The first-order valence-electron chi connectivity index (χ1n) is 6.20. The van der Waals surface area contributed by atoms with Crippen LogP contribution in [0.15, 0.2) is 24.5 Å². The van der Waals surface area contributed by atoms with Crippen LogP contribution in [-0.4, -0.2) is 11.2 Å². The van der Waals surface area contributed by atoms with Crippen molar-refractivity contribution in [2.24, 2.45) is 17.6 Å². The average molecular weight is 258 g/mol. The van der Waals surface area contributed by atoms with Gasteiger partial charge in [0.2, 0.25) is 0 Å². The Morgan fingerprint density at radius 2 is 2.11 bits per heavy atom. The van der Waals surface area contributed by atoms with Crippen LogP contribution in [0.5, 0.6) is 0 Å². The van der Waals surface area contributed by atoms with Crippen LogP contribution >= 0.6 is 0 Å². The number of nitrogens with zero attached hydrogens (tertiary/aromatic N) is 1. The third kappa shape index (κ3) is 3.02. The maximum absolute atomic E-state index is 12.7. The van der Waals surface area contributed by atoms with E-state index >= 15 is 0 Å². The van der Waals surface area contributed by atoms with E-state index in [9.17, 15) is 13.2 Å². The van der Waals surface area contributed by atoms with Crippen molar-refractivity contribution in [3.63, 3.8) is 0 Å². The molecule has 1 aliphatic carbocycles. The zero-order chi connectivity index (χ0) is 13.2. The molecular weight excluding hydrogens is 241 g/mol. The van der Waals surface area contributed by atoms with Gasteiger partial charge in [0.25, 0.3) is 0 Å². The highest BCUT2D eigenvalue weighted by Gasteiger charge is 2.43. The zero-order valence-electron chi connectivity index (χ0n) is 10.0. The Morgan fingerprint density at radius 1 is 1.33 bits per heavy atom. The molecule has 1 saturated carbocycles. The van der Waals surface area contributed by atoms with Gasteiger partial charge in [-0.3, -0.25) is 4.98 Å². The minimum Gasteiger partial charge on any atom is -0.324 e. The fraction of sp³-hybridized carbons (Fsp3) is 0.615. The Balaban J connectivity index is 2.05. The van der Waals surface area contributed by atoms with Gasteiger partial charge in [-0.2, -0.15) is 13.2 Å². The largest absolute Gasteiger partial charge is 0.391 e. The zero-order valence-corrected chi connectivity index (χ0v) is 10.0. The van der Waals surface area contributed by atoms with Crippen LogP contribution < -0.4 is 5.73 Å². The molecule has 3 atom stereocenters. The molecule has 0 amide bonds. The highest BCUT2D eigenvalue weighted by atomic mass is 19.4. The summed E-state index contributed by atoms with van der Waals surface area (Å²) in [5, 5.41) is 0. The molecule has 0 bridgehead atoms. The lowest BCUT2D eigenvalue weighted by atomic mass is 9.76. The Hall–Kier alpha value is -1.10. The SMILES string of the molecule is NC(c1cccnc1)C1CCCC(C(F)(F)F)C1. The second-order valence-corrected chi connectivity index (χ2v) is 4.98. The molecule has 0 radical (unpaired) electrons. The Labute approximate surface area is 104 Å². The molecule has 2 N–H and O–H groups in total. The van der Waals surface area contributed by atoms with E-state index in [0.717, 1.165) is 12.0 Å². The van der Waals surface area contributed by atoms with Crippen LogP contribution in [0.25, 0.3) is 0 Å². The molecule has 0 spiro atoms. The van der Waals surface area contributed by atoms with Crippen molar-refractivity contribution in [1.82, 2.24) is 4.98 Å². The van der Waals surface area contributed by atoms with Gasteiger partial charge in [-0.15, -0.1) is 0 Å². The second-order valence-electron chi connectivity index (χ2n) is 4.98. The minimum absolute atomic E-state index is 0.102. The van der Waals surface area contributed by atoms with Gasteiger partial charge in [0.05, 0.1) is 5.92 Å². The summed E-state index contributed by atoms with van der Waals surface area (Å²) in [6, 6.07) is 3.25. The van der Waals surface area contributed by atoms with Crippen LogP contribution in [0, 0.1) is 11.8 Å². The molecule has 1 aromatic heterocycles. The molecule has 1 aromatic rings. The van der Waals surface area contributed by atoms with Crippen molar-refractivity contribution in [3.8, 4) is 0 Å². The summed E-state index contributed by atoms with van der Waals surface area (Å²) in [5.41, 5.74) is 6.89. The summed E-state index contributed by atoms with van der Waals surface area (Å²) in [7, 11) is 0. The predicted octanol–water partition coefficient (Wildman–Crippen LogP) is 3.45. The molecule has 18 heavy (non-hydrogen) atoms. The Bertz CT molecular complexity index is 378. The maximum Gasteiger partial charge on any atom is 0.391 e. The molecule has 2 nitrogen and oxygen atoms in total. The van der Waals surface area contributed by atoms with Crippen LogP contribution in [0.2, 0.25) is 0 Å². The molecule has 1 heterocycles. The van der Waals surface area contributed by atoms with Gasteiger partial charge in [0, 0.05) is 18.4 Å². The van der Waals surface area contributed by atoms with Gasteiger partial charge in [0.1, 0.15) is 0 Å². The van der Waals surface area contributed by atoms with Gasteiger partial charge in [-0.05, 0) is 36.8 Å². The first kappa shape index (κ1) is 13.3. The highest BCUT2D eigenvalue weighted by molar-refractivity contribution is 5.14. The lowest BCUT2D eigenvalue weighted by Gasteiger charge is -2.33. The van der Waals surface area contributed by atoms with Crippen LogP contribution in [0.3, 0.4) is 0 Å². The molecule has 100 valence electrons. The topological polar surface area (TPSA) is 38.9 Å². The summed E-state index contributed by atoms with van der Waals surface area (Å²) in [4.78, 5) is 3.97.